The van der Waals surface area contributed by atoms with E-state index < -0.39 is 12.6 Å². The molecule has 0 atom stereocenters. The number of aromatic nitrogens is 3. The fourth-order valence-corrected chi connectivity index (χ4v) is 3.23. The van der Waals surface area contributed by atoms with E-state index >= 15 is 0 Å². The first kappa shape index (κ1) is 15.6. The number of pyridine rings is 1. The molecule has 23 heavy (non-hydrogen) atoms. The zero-order chi connectivity index (χ0) is 16.2. The van der Waals surface area contributed by atoms with Gasteiger partial charge >= 0.3 is 0 Å². The lowest BCUT2D eigenvalue weighted by molar-refractivity contribution is 0.0959. The van der Waals surface area contributed by atoms with Crippen LogP contribution in [0, 0.1) is 0 Å². The number of hydrogen-bond acceptors (Lipinski definition) is 6. The van der Waals surface area contributed by atoms with Gasteiger partial charge in [-0.2, -0.15) is 0 Å². The topological polar surface area (TPSA) is 72.1 Å². The maximum absolute atomic E-state index is 12.9. The predicted octanol–water partition coefficient (Wildman–Crippen LogP) is 3.46. The van der Waals surface area contributed by atoms with E-state index in [4.69, 9.17) is 16.0 Å². The maximum atomic E-state index is 12.9. The fraction of sp³-hybridized carbons (Fsp3) is 0.143. The monoisotopic (exact) mass is 352 g/mol. The quantitative estimate of drug-likeness (QED) is 0.703. The Morgan fingerprint density at radius 2 is 2.26 bits per heavy atom. The van der Waals surface area contributed by atoms with Crippen LogP contribution in [0.25, 0.3) is 10.6 Å². The molecule has 6 nitrogen and oxygen atoms in total. The van der Waals surface area contributed by atoms with Crippen LogP contribution in [0.2, 0.25) is 5.15 Å². The highest BCUT2D eigenvalue weighted by Gasteiger charge is 2.25. The smallest absolute Gasteiger partial charge is 0.296 e. The number of alkyl halides is 1. The second-order valence-corrected chi connectivity index (χ2v) is 5.70. The number of amides is 1. The molecule has 0 aromatic carbocycles. The summed E-state index contributed by atoms with van der Waals surface area (Å²) in [5.41, 5.74) is 0.762. The summed E-state index contributed by atoms with van der Waals surface area (Å²) in [5, 5.41) is 1.06. The van der Waals surface area contributed by atoms with E-state index in [0.29, 0.717) is 10.0 Å². The van der Waals surface area contributed by atoms with Crippen LogP contribution >= 0.6 is 22.9 Å². The van der Waals surface area contributed by atoms with Gasteiger partial charge in [0.25, 0.3) is 5.91 Å². The van der Waals surface area contributed by atoms with Crippen molar-refractivity contribution in [3.8, 4) is 10.6 Å². The summed E-state index contributed by atoms with van der Waals surface area (Å²) >= 11 is 7.33. The Morgan fingerprint density at radius 1 is 1.39 bits per heavy atom. The van der Waals surface area contributed by atoms with Crippen LogP contribution in [0.4, 0.5) is 9.39 Å². The van der Waals surface area contributed by atoms with Crippen molar-refractivity contribution in [2.24, 2.45) is 0 Å². The molecule has 3 aromatic heterocycles. The summed E-state index contributed by atoms with van der Waals surface area (Å²) in [6.07, 6.45) is 5.68. The molecule has 3 heterocycles. The Morgan fingerprint density at radius 3 is 2.91 bits per heavy atom. The average molecular weight is 353 g/mol. The number of nitrogens with zero attached hydrogens (tertiary/aromatic N) is 4. The van der Waals surface area contributed by atoms with E-state index in [1.807, 2.05) is 6.07 Å². The number of thiazole rings is 1. The van der Waals surface area contributed by atoms with Gasteiger partial charge in [-0.3, -0.25) is 14.7 Å². The molecule has 0 aliphatic heterocycles. The number of hydrogen-bond donors (Lipinski definition) is 0. The van der Waals surface area contributed by atoms with Crippen LogP contribution in [0.5, 0.6) is 0 Å². The zero-order valence-electron chi connectivity index (χ0n) is 11.6. The molecule has 0 aliphatic rings. The molecular weight excluding hydrogens is 343 g/mol. The molecule has 0 unspecified atom stereocenters. The molecule has 0 N–H and O–H groups in total. The third-order valence-corrected chi connectivity index (χ3v) is 4.42. The van der Waals surface area contributed by atoms with Gasteiger partial charge in [-0.05, 0) is 12.1 Å². The summed E-state index contributed by atoms with van der Waals surface area (Å²) in [5.74, 6) is -0.519. The minimum Gasteiger partial charge on any atom is -0.438 e. The third kappa shape index (κ3) is 3.22. The van der Waals surface area contributed by atoms with E-state index in [1.165, 1.54) is 22.4 Å². The van der Waals surface area contributed by atoms with Crippen molar-refractivity contribution in [1.82, 2.24) is 15.0 Å². The van der Waals surface area contributed by atoms with Crippen LogP contribution in [0.3, 0.4) is 0 Å². The van der Waals surface area contributed by atoms with Crippen LogP contribution in [-0.2, 0) is 0 Å². The lowest BCUT2D eigenvalue weighted by Crippen LogP contribution is -2.32. The van der Waals surface area contributed by atoms with Crippen molar-refractivity contribution in [2.75, 3.05) is 18.1 Å². The van der Waals surface area contributed by atoms with Gasteiger partial charge in [0.2, 0.25) is 5.76 Å². The summed E-state index contributed by atoms with van der Waals surface area (Å²) in [4.78, 5) is 25.6. The molecule has 9 heteroatoms. The van der Waals surface area contributed by atoms with E-state index in [2.05, 4.69) is 15.0 Å². The van der Waals surface area contributed by atoms with E-state index in [0.717, 1.165) is 12.0 Å². The minimum atomic E-state index is -0.726. The lowest BCUT2D eigenvalue weighted by atomic mass is 10.3. The Kier molecular flexibility index (Phi) is 4.63. The molecule has 3 rings (SSSR count). The Labute approximate surface area is 139 Å². The number of carbonyl (C=O) groups is 1. The van der Waals surface area contributed by atoms with Crippen molar-refractivity contribution in [1.29, 1.82) is 0 Å². The minimum absolute atomic E-state index is 0.00541. The molecule has 0 fully saturated rings. The molecule has 1 amide bonds. The number of halogens is 2. The van der Waals surface area contributed by atoms with Crippen LogP contribution in [-0.4, -0.2) is 34.1 Å². The van der Waals surface area contributed by atoms with Gasteiger partial charge < -0.3 is 4.42 Å². The molecule has 118 valence electrons. The predicted molar refractivity (Wildman–Crippen MR) is 84.5 cm³/mol. The molecule has 0 saturated carbocycles. The first-order valence-electron chi connectivity index (χ1n) is 6.53. The molecule has 0 spiro atoms. The Hall–Kier alpha value is -2.32. The molecular formula is C14H10ClFN4O2S. The van der Waals surface area contributed by atoms with Gasteiger partial charge in [-0.25, -0.2) is 14.4 Å². The van der Waals surface area contributed by atoms with Crippen molar-refractivity contribution < 1.29 is 13.6 Å². The molecule has 3 aromatic rings. The highest BCUT2D eigenvalue weighted by Crippen LogP contribution is 2.38. The van der Waals surface area contributed by atoms with Crippen LogP contribution < -0.4 is 4.90 Å². The second-order valence-electron chi connectivity index (χ2n) is 4.37. The SMILES string of the molecule is O=C(c1cnco1)N(CCF)c1sc(-c2cccnc2)nc1Cl. The number of oxazole rings is 1. The first-order valence-corrected chi connectivity index (χ1v) is 7.73. The lowest BCUT2D eigenvalue weighted by Gasteiger charge is -2.17. The van der Waals surface area contributed by atoms with Gasteiger partial charge in [-0.1, -0.05) is 22.9 Å². The van der Waals surface area contributed by atoms with Crippen molar-refractivity contribution in [3.63, 3.8) is 0 Å². The molecule has 0 bridgehead atoms. The first-order chi connectivity index (χ1) is 11.2. The van der Waals surface area contributed by atoms with Gasteiger partial charge in [-0.15, -0.1) is 0 Å². The van der Waals surface area contributed by atoms with Gasteiger partial charge in [0, 0.05) is 18.0 Å². The molecule has 0 saturated heterocycles. The normalized spacial score (nSPS) is 10.7. The van der Waals surface area contributed by atoms with Crippen molar-refractivity contribution >= 4 is 33.8 Å². The highest BCUT2D eigenvalue weighted by molar-refractivity contribution is 7.19. The van der Waals surface area contributed by atoms with Crippen molar-refractivity contribution in [2.45, 2.75) is 0 Å². The number of carbonyl (C=O) groups excluding carboxylic acids is 1. The molecule has 0 radical (unpaired) electrons. The summed E-state index contributed by atoms with van der Waals surface area (Å²) in [6.45, 7) is -0.885. The van der Waals surface area contributed by atoms with Crippen molar-refractivity contribution in [3.05, 3.63) is 48.0 Å². The second kappa shape index (κ2) is 6.84. The summed E-state index contributed by atoms with van der Waals surface area (Å²) < 4.78 is 17.9. The fourth-order valence-electron chi connectivity index (χ4n) is 1.91. The average Bonchev–Trinajstić information content (AvgIpc) is 3.23. The van der Waals surface area contributed by atoms with E-state index in [1.54, 1.807) is 18.5 Å². The Bertz CT molecular complexity index is 794. The van der Waals surface area contributed by atoms with E-state index in [-0.39, 0.29) is 17.5 Å². The summed E-state index contributed by atoms with van der Waals surface area (Å²) in [7, 11) is 0. The van der Waals surface area contributed by atoms with E-state index in [9.17, 15) is 9.18 Å². The van der Waals surface area contributed by atoms with Gasteiger partial charge in [0.15, 0.2) is 11.5 Å². The standard InChI is InChI=1S/C14H10ClFN4O2S/c15-11-14(23-12(19-11)9-2-1-4-17-6-9)20(5-3-16)13(21)10-7-18-8-22-10/h1-2,4,6-8H,3,5H2. The third-order valence-electron chi connectivity index (χ3n) is 2.92. The zero-order valence-corrected chi connectivity index (χ0v) is 13.2. The number of anilines is 1. The maximum Gasteiger partial charge on any atom is 0.296 e. The largest absolute Gasteiger partial charge is 0.438 e. The highest BCUT2D eigenvalue weighted by atomic mass is 35.5. The number of rotatable bonds is 5. The van der Waals surface area contributed by atoms with Crippen LogP contribution in [0.15, 0.2) is 41.5 Å². The molecule has 0 aliphatic carbocycles. The van der Waals surface area contributed by atoms with Gasteiger partial charge in [0.1, 0.15) is 16.7 Å². The Balaban J connectivity index is 1.97. The van der Waals surface area contributed by atoms with Crippen LogP contribution in [0.1, 0.15) is 10.6 Å². The van der Waals surface area contributed by atoms with Gasteiger partial charge in [0.05, 0.1) is 12.7 Å². The summed E-state index contributed by atoms with van der Waals surface area (Å²) in [6, 6.07) is 3.59.